The number of amides is 2. The van der Waals surface area contributed by atoms with Gasteiger partial charge in [0.25, 0.3) is 0 Å². The standard InChI is InChI=1S/C24H32N4O3/c1-28-15-21(19-5-3-4-18(12-19)14-27-23(29)13-25)22(16-28)24(30)26-11-10-17-6-8-20(31-2)9-7-17/h3-9,12,21-22H,10-11,13-16,25H2,1-2H3,(H,26,30)(H,27,29)/t21-,22-/m1/s1. The molecule has 166 valence electrons. The van der Waals surface area contributed by atoms with Crippen LogP contribution in [0.2, 0.25) is 0 Å². The molecule has 3 rings (SSSR count). The van der Waals surface area contributed by atoms with E-state index >= 15 is 0 Å². The molecule has 2 aromatic rings. The first-order valence-corrected chi connectivity index (χ1v) is 10.6. The van der Waals surface area contributed by atoms with Gasteiger partial charge in [-0.2, -0.15) is 0 Å². The maximum Gasteiger partial charge on any atom is 0.234 e. The fraction of sp³-hybridized carbons (Fsp3) is 0.417. The molecule has 4 N–H and O–H groups in total. The van der Waals surface area contributed by atoms with Crippen LogP contribution in [0.1, 0.15) is 22.6 Å². The van der Waals surface area contributed by atoms with Crippen LogP contribution in [-0.4, -0.2) is 57.1 Å². The van der Waals surface area contributed by atoms with Crippen molar-refractivity contribution in [2.45, 2.75) is 18.9 Å². The molecule has 2 amide bonds. The summed E-state index contributed by atoms with van der Waals surface area (Å²) in [7, 11) is 3.69. The van der Waals surface area contributed by atoms with Crippen LogP contribution >= 0.6 is 0 Å². The van der Waals surface area contributed by atoms with E-state index in [4.69, 9.17) is 10.5 Å². The number of nitrogens with one attached hydrogen (secondary N) is 2. The van der Waals surface area contributed by atoms with E-state index in [-0.39, 0.29) is 30.2 Å². The minimum atomic E-state index is -0.180. The Labute approximate surface area is 183 Å². The van der Waals surface area contributed by atoms with E-state index in [0.29, 0.717) is 13.1 Å². The Kier molecular flexibility index (Phi) is 8.03. The van der Waals surface area contributed by atoms with Crippen molar-refractivity contribution in [1.82, 2.24) is 15.5 Å². The van der Waals surface area contributed by atoms with Gasteiger partial charge in [-0.15, -0.1) is 0 Å². The average Bonchev–Trinajstić information content (AvgIpc) is 3.20. The van der Waals surface area contributed by atoms with Crippen molar-refractivity contribution in [2.24, 2.45) is 11.7 Å². The highest BCUT2D eigenvalue weighted by Crippen LogP contribution is 2.32. The highest BCUT2D eigenvalue weighted by molar-refractivity contribution is 5.80. The molecule has 0 bridgehead atoms. The monoisotopic (exact) mass is 424 g/mol. The molecule has 0 radical (unpaired) electrons. The number of carbonyl (C=O) groups excluding carboxylic acids is 2. The molecule has 1 aliphatic heterocycles. The average molecular weight is 425 g/mol. The van der Waals surface area contributed by atoms with Gasteiger partial charge in [0.1, 0.15) is 5.75 Å². The molecule has 0 unspecified atom stereocenters. The van der Waals surface area contributed by atoms with Crippen LogP contribution in [0.5, 0.6) is 5.75 Å². The van der Waals surface area contributed by atoms with Gasteiger partial charge in [-0.25, -0.2) is 0 Å². The molecule has 0 saturated carbocycles. The van der Waals surface area contributed by atoms with Gasteiger partial charge in [-0.3, -0.25) is 9.59 Å². The normalized spacial score (nSPS) is 18.5. The number of nitrogens with two attached hydrogens (primary N) is 1. The lowest BCUT2D eigenvalue weighted by Gasteiger charge is -2.19. The number of ether oxygens (including phenoxy) is 1. The summed E-state index contributed by atoms with van der Waals surface area (Å²) in [6, 6.07) is 16.0. The fourth-order valence-corrected chi connectivity index (χ4v) is 4.06. The first kappa shape index (κ1) is 22.8. The van der Waals surface area contributed by atoms with Crippen molar-refractivity contribution in [3.63, 3.8) is 0 Å². The fourth-order valence-electron chi connectivity index (χ4n) is 4.06. The molecule has 0 spiro atoms. The Morgan fingerprint density at radius 1 is 1.10 bits per heavy atom. The zero-order chi connectivity index (χ0) is 22.2. The lowest BCUT2D eigenvalue weighted by atomic mass is 9.87. The number of nitrogens with zero attached hydrogens (tertiary/aromatic N) is 1. The van der Waals surface area contributed by atoms with Gasteiger partial charge >= 0.3 is 0 Å². The summed E-state index contributed by atoms with van der Waals surface area (Å²) >= 11 is 0. The summed E-state index contributed by atoms with van der Waals surface area (Å²) in [5, 5.41) is 5.91. The van der Waals surface area contributed by atoms with Gasteiger partial charge in [0.05, 0.1) is 19.6 Å². The number of carbonyl (C=O) groups is 2. The van der Waals surface area contributed by atoms with Crippen molar-refractivity contribution in [2.75, 3.05) is 40.3 Å². The van der Waals surface area contributed by atoms with Gasteiger partial charge in [-0.1, -0.05) is 36.4 Å². The molecule has 1 heterocycles. The first-order chi connectivity index (χ1) is 15.0. The molecular formula is C24H32N4O3. The van der Waals surface area contributed by atoms with E-state index in [1.54, 1.807) is 7.11 Å². The highest BCUT2D eigenvalue weighted by atomic mass is 16.5. The molecule has 7 heteroatoms. The predicted octanol–water partition coefficient (Wildman–Crippen LogP) is 1.27. The Bertz CT molecular complexity index is 885. The topological polar surface area (TPSA) is 96.7 Å². The quantitative estimate of drug-likeness (QED) is 0.563. The van der Waals surface area contributed by atoms with Crippen LogP contribution in [-0.2, 0) is 22.6 Å². The number of rotatable bonds is 9. The van der Waals surface area contributed by atoms with Crippen LogP contribution in [0.25, 0.3) is 0 Å². The number of hydrogen-bond donors (Lipinski definition) is 3. The van der Waals surface area contributed by atoms with E-state index in [9.17, 15) is 9.59 Å². The van der Waals surface area contributed by atoms with Crippen molar-refractivity contribution < 1.29 is 14.3 Å². The van der Waals surface area contributed by atoms with Gasteiger partial charge in [0, 0.05) is 32.1 Å². The minimum absolute atomic E-state index is 0.0219. The highest BCUT2D eigenvalue weighted by Gasteiger charge is 2.36. The lowest BCUT2D eigenvalue weighted by Crippen LogP contribution is -2.35. The molecule has 1 aliphatic rings. The van der Waals surface area contributed by atoms with E-state index in [0.717, 1.165) is 42.0 Å². The Hall–Kier alpha value is -2.90. The first-order valence-electron chi connectivity index (χ1n) is 10.6. The third kappa shape index (κ3) is 6.29. The molecular weight excluding hydrogens is 392 g/mol. The van der Waals surface area contributed by atoms with Crippen LogP contribution in [0.15, 0.2) is 48.5 Å². The number of benzene rings is 2. The molecule has 7 nitrogen and oxygen atoms in total. The second-order valence-corrected chi connectivity index (χ2v) is 8.05. The van der Waals surface area contributed by atoms with Crippen molar-refractivity contribution in [1.29, 1.82) is 0 Å². The summed E-state index contributed by atoms with van der Waals surface area (Å²) in [5.41, 5.74) is 8.65. The van der Waals surface area contributed by atoms with Crippen molar-refractivity contribution in [3.05, 3.63) is 65.2 Å². The maximum atomic E-state index is 13.0. The number of methoxy groups -OCH3 is 1. The van der Waals surface area contributed by atoms with E-state index < -0.39 is 0 Å². The van der Waals surface area contributed by atoms with E-state index in [1.165, 1.54) is 0 Å². The van der Waals surface area contributed by atoms with Crippen LogP contribution in [0.4, 0.5) is 0 Å². The lowest BCUT2D eigenvalue weighted by molar-refractivity contribution is -0.125. The Morgan fingerprint density at radius 2 is 1.87 bits per heavy atom. The number of likely N-dealkylation sites (tertiary alicyclic amines) is 1. The molecule has 31 heavy (non-hydrogen) atoms. The van der Waals surface area contributed by atoms with Crippen molar-refractivity contribution >= 4 is 11.8 Å². The van der Waals surface area contributed by atoms with Gasteiger partial charge in [0.15, 0.2) is 0 Å². The molecule has 1 saturated heterocycles. The van der Waals surface area contributed by atoms with E-state index in [1.807, 2.05) is 43.4 Å². The third-order valence-corrected chi connectivity index (χ3v) is 5.77. The zero-order valence-corrected chi connectivity index (χ0v) is 18.3. The van der Waals surface area contributed by atoms with E-state index in [2.05, 4.69) is 27.7 Å². The van der Waals surface area contributed by atoms with Crippen LogP contribution in [0, 0.1) is 5.92 Å². The van der Waals surface area contributed by atoms with Gasteiger partial charge in [-0.05, 0) is 42.3 Å². The van der Waals surface area contributed by atoms with Gasteiger partial charge in [0.2, 0.25) is 11.8 Å². The summed E-state index contributed by atoms with van der Waals surface area (Å²) in [5.74, 6) is 0.755. The van der Waals surface area contributed by atoms with Crippen LogP contribution in [0.3, 0.4) is 0 Å². The smallest absolute Gasteiger partial charge is 0.234 e. The molecule has 0 aromatic heterocycles. The Morgan fingerprint density at radius 3 is 2.58 bits per heavy atom. The number of hydrogen-bond acceptors (Lipinski definition) is 5. The van der Waals surface area contributed by atoms with Crippen molar-refractivity contribution in [3.8, 4) is 5.75 Å². The second-order valence-electron chi connectivity index (χ2n) is 8.05. The Balaban J connectivity index is 1.59. The molecule has 2 atom stereocenters. The minimum Gasteiger partial charge on any atom is -0.497 e. The SMILES string of the molecule is COc1ccc(CCNC(=O)[C@@H]2CN(C)C[C@@H]2c2cccc(CNC(=O)CN)c2)cc1. The summed E-state index contributed by atoms with van der Waals surface area (Å²) in [6.07, 6.45) is 0.777. The molecule has 0 aliphatic carbocycles. The zero-order valence-electron chi connectivity index (χ0n) is 18.3. The molecule has 1 fully saturated rings. The predicted molar refractivity (Wildman–Crippen MR) is 121 cm³/mol. The third-order valence-electron chi connectivity index (χ3n) is 5.77. The largest absolute Gasteiger partial charge is 0.497 e. The van der Waals surface area contributed by atoms with Crippen LogP contribution < -0.4 is 21.1 Å². The summed E-state index contributed by atoms with van der Waals surface area (Å²) in [4.78, 5) is 26.6. The van der Waals surface area contributed by atoms with Gasteiger partial charge < -0.3 is 26.0 Å². The summed E-state index contributed by atoms with van der Waals surface area (Å²) < 4.78 is 5.18. The second kappa shape index (κ2) is 10.9. The summed E-state index contributed by atoms with van der Waals surface area (Å²) in [6.45, 7) is 2.57. The maximum absolute atomic E-state index is 13.0. The number of likely N-dealkylation sites (N-methyl/N-ethyl adjacent to an activating group) is 1. The molecule has 2 aromatic carbocycles.